The molecule has 0 bridgehead atoms. The highest BCUT2D eigenvalue weighted by Crippen LogP contribution is 2.27. The van der Waals surface area contributed by atoms with E-state index in [1.54, 1.807) is 6.07 Å². The molecule has 0 heterocycles. The van der Waals surface area contributed by atoms with Crippen LogP contribution >= 0.6 is 23.2 Å². The van der Waals surface area contributed by atoms with Crippen molar-refractivity contribution in [3.05, 3.63) is 34.3 Å². The Hall–Kier alpha value is -0.730. The molecule has 106 valence electrons. The van der Waals surface area contributed by atoms with Crippen LogP contribution < -0.4 is 5.32 Å². The molecule has 1 aromatic rings. The van der Waals surface area contributed by atoms with Crippen LogP contribution in [-0.2, 0) is 0 Å². The van der Waals surface area contributed by atoms with Gasteiger partial charge in [-0.15, -0.1) is 11.6 Å². The molecule has 1 aromatic carbocycles. The summed E-state index contributed by atoms with van der Waals surface area (Å²) in [6.07, 6.45) is 1.88. The van der Waals surface area contributed by atoms with Gasteiger partial charge in [0.15, 0.2) is 0 Å². The third kappa shape index (κ3) is 3.87. The normalized spacial score (nSPS) is 11.4. The third-order valence-corrected chi connectivity index (χ3v) is 4.91. The van der Waals surface area contributed by atoms with E-state index in [0.717, 1.165) is 18.4 Å². The van der Waals surface area contributed by atoms with E-state index in [4.69, 9.17) is 23.2 Å². The first kappa shape index (κ1) is 16.3. The highest BCUT2D eigenvalue weighted by molar-refractivity contribution is 6.34. The summed E-state index contributed by atoms with van der Waals surface area (Å²) in [7, 11) is 0. The highest BCUT2D eigenvalue weighted by Gasteiger charge is 2.26. The molecular formula is C15H21Cl2NO. The average molecular weight is 302 g/mol. The lowest BCUT2D eigenvalue weighted by Crippen LogP contribution is -2.38. The van der Waals surface area contributed by atoms with Gasteiger partial charge in [0, 0.05) is 17.8 Å². The van der Waals surface area contributed by atoms with Gasteiger partial charge in [-0.25, -0.2) is 0 Å². The minimum Gasteiger partial charge on any atom is -0.351 e. The average Bonchev–Trinajstić information content (AvgIpc) is 2.44. The van der Waals surface area contributed by atoms with Crippen LogP contribution in [0.25, 0.3) is 0 Å². The number of hydrogen-bond acceptors (Lipinski definition) is 1. The Morgan fingerprint density at radius 1 is 1.32 bits per heavy atom. The van der Waals surface area contributed by atoms with Gasteiger partial charge in [-0.1, -0.05) is 37.6 Å². The largest absolute Gasteiger partial charge is 0.351 e. The zero-order valence-corrected chi connectivity index (χ0v) is 13.2. The molecule has 0 saturated carbocycles. The van der Waals surface area contributed by atoms with Crippen molar-refractivity contribution < 1.29 is 4.79 Å². The molecule has 1 N–H and O–H groups in total. The van der Waals surface area contributed by atoms with Crippen LogP contribution in [0.2, 0.25) is 5.02 Å². The number of aryl methyl sites for hydroxylation is 1. The van der Waals surface area contributed by atoms with Crippen LogP contribution in [0.15, 0.2) is 18.2 Å². The van der Waals surface area contributed by atoms with E-state index in [9.17, 15) is 4.79 Å². The first-order valence-electron chi connectivity index (χ1n) is 6.59. The molecule has 0 spiro atoms. The zero-order chi connectivity index (χ0) is 14.5. The molecule has 4 heteroatoms. The van der Waals surface area contributed by atoms with E-state index in [1.165, 1.54) is 0 Å². The quantitative estimate of drug-likeness (QED) is 0.774. The van der Waals surface area contributed by atoms with Crippen LogP contribution in [0, 0.1) is 12.3 Å². The SMILES string of the molecule is CCC(CC)(CCl)CNC(=O)c1cccc(C)c1Cl. The van der Waals surface area contributed by atoms with Gasteiger partial charge in [0.1, 0.15) is 0 Å². The molecule has 0 aliphatic heterocycles. The molecule has 0 atom stereocenters. The summed E-state index contributed by atoms with van der Waals surface area (Å²) in [4.78, 5) is 12.2. The second-order valence-corrected chi connectivity index (χ2v) is 5.61. The van der Waals surface area contributed by atoms with Crippen LogP contribution in [0.5, 0.6) is 0 Å². The summed E-state index contributed by atoms with van der Waals surface area (Å²) in [5.74, 6) is 0.409. The molecule has 0 radical (unpaired) electrons. The Kier molecular flexibility index (Phi) is 6.15. The molecule has 0 aromatic heterocycles. The first-order valence-corrected chi connectivity index (χ1v) is 7.50. The number of carbonyl (C=O) groups excluding carboxylic acids is 1. The van der Waals surface area contributed by atoms with Crippen LogP contribution in [0.1, 0.15) is 42.6 Å². The van der Waals surface area contributed by atoms with Crippen molar-refractivity contribution in [1.82, 2.24) is 5.32 Å². The number of amides is 1. The zero-order valence-electron chi connectivity index (χ0n) is 11.7. The molecular weight excluding hydrogens is 281 g/mol. The number of halogens is 2. The third-order valence-electron chi connectivity index (χ3n) is 3.84. The second-order valence-electron chi connectivity index (χ2n) is 4.96. The van der Waals surface area contributed by atoms with Gasteiger partial charge < -0.3 is 5.32 Å². The molecule has 1 rings (SSSR count). The van der Waals surface area contributed by atoms with E-state index in [1.807, 2.05) is 19.1 Å². The minimum absolute atomic E-state index is 0.0342. The standard InChI is InChI=1S/C15H21Cl2NO/c1-4-15(5-2,9-16)10-18-14(19)12-8-6-7-11(3)13(12)17/h6-8H,4-5,9-10H2,1-3H3,(H,18,19). The molecule has 19 heavy (non-hydrogen) atoms. The maximum atomic E-state index is 12.2. The molecule has 0 unspecified atom stereocenters. The van der Waals surface area contributed by atoms with E-state index in [-0.39, 0.29) is 11.3 Å². The van der Waals surface area contributed by atoms with Gasteiger partial charge in [-0.05, 0) is 31.4 Å². The van der Waals surface area contributed by atoms with Crippen molar-refractivity contribution in [3.8, 4) is 0 Å². The topological polar surface area (TPSA) is 29.1 Å². The van der Waals surface area contributed by atoms with Gasteiger partial charge >= 0.3 is 0 Å². The van der Waals surface area contributed by atoms with Gasteiger partial charge in [0.2, 0.25) is 0 Å². The molecule has 0 saturated heterocycles. The van der Waals surface area contributed by atoms with Crippen molar-refractivity contribution in [1.29, 1.82) is 0 Å². The Bertz CT molecular complexity index is 434. The van der Waals surface area contributed by atoms with Crippen molar-refractivity contribution in [2.24, 2.45) is 5.41 Å². The van der Waals surface area contributed by atoms with E-state index < -0.39 is 0 Å². The fourth-order valence-corrected chi connectivity index (χ4v) is 2.61. The summed E-state index contributed by atoms with van der Waals surface area (Å²) < 4.78 is 0. The molecule has 0 fully saturated rings. The maximum absolute atomic E-state index is 12.2. The Morgan fingerprint density at radius 2 is 1.95 bits per heavy atom. The minimum atomic E-state index is -0.134. The lowest BCUT2D eigenvalue weighted by Gasteiger charge is -2.29. The Balaban J connectivity index is 2.78. The summed E-state index contributed by atoms with van der Waals surface area (Å²) in [5.41, 5.74) is 1.40. The lowest BCUT2D eigenvalue weighted by molar-refractivity contribution is 0.0932. The van der Waals surface area contributed by atoms with E-state index >= 15 is 0 Å². The lowest BCUT2D eigenvalue weighted by atomic mass is 9.84. The van der Waals surface area contributed by atoms with E-state index in [2.05, 4.69) is 19.2 Å². The fourth-order valence-electron chi connectivity index (χ4n) is 1.92. The smallest absolute Gasteiger partial charge is 0.252 e. The molecule has 1 amide bonds. The van der Waals surface area contributed by atoms with Gasteiger partial charge in [-0.2, -0.15) is 0 Å². The summed E-state index contributed by atoms with van der Waals surface area (Å²) in [6, 6.07) is 5.47. The molecule has 0 aliphatic rings. The Labute approximate surface area is 125 Å². The predicted octanol–water partition coefficient (Wildman–Crippen LogP) is 4.42. The number of nitrogens with one attached hydrogen (secondary N) is 1. The summed E-state index contributed by atoms with van der Waals surface area (Å²) >= 11 is 12.2. The molecule has 2 nitrogen and oxygen atoms in total. The van der Waals surface area contributed by atoms with Crippen molar-refractivity contribution >= 4 is 29.1 Å². The number of alkyl halides is 1. The Morgan fingerprint density at radius 3 is 2.47 bits per heavy atom. The molecule has 0 aliphatic carbocycles. The number of benzene rings is 1. The van der Waals surface area contributed by atoms with E-state index in [0.29, 0.717) is 23.0 Å². The fraction of sp³-hybridized carbons (Fsp3) is 0.533. The second kappa shape index (κ2) is 7.16. The van der Waals surface area contributed by atoms with Crippen LogP contribution in [-0.4, -0.2) is 18.3 Å². The summed E-state index contributed by atoms with van der Waals surface area (Å²) in [6.45, 7) is 6.65. The maximum Gasteiger partial charge on any atom is 0.252 e. The van der Waals surface area contributed by atoms with Gasteiger partial charge in [0.05, 0.1) is 10.6 Å². The van der Waals surface area contributed by atoms with Crippen molar-refractivity contribution in [2.45, 2.75) is 33.6 Å². The predicted molar refractivity (Wildman–Crippen MR) is 82.3 cm³/mol. The monoisotopic (exact) mass is 301 g/mol. The number of carbonyl (C=O) groups is 1. The van der Waals surface area contributed by atoms with Crippen LogP contribution in [0.4, 0.5) is 0 Å². The first-order chi connectivity index (χ1) is 8.99. The van der Waals surface area contributed by atoms with Crippen molar-refractivity contribution in [3.63, 3.8) is 0 Å². The van der Waals surface area contributed by atoms with Crippen LogP contribution in [0.3, 0.4) is 0 Å². The highest BCUT2D eigenvalue weighted by atomic mass is 35.5. The number of rotatable bonds is 6. The van der Waals surface area contributed by atoms with Gasteiger partial charge in [-0.3, -0.25) is 4.79 Å². The van der Waals surface area contributed by atoms with Crippen molar-refractivity contribution in [2.75, 3.05) is 12.4 Å². The number of hydrogen-bond donors (Lipinski definition) is 1. The summed E-state index contributed by atoms with van der Waals surface area (Å²) in [5, 5.41) is 3.47. The van der Waals surface area contributed by atoms with Gasteiger partial charge in [0.25, 0.3) is 5.91 Å².